The van der Waals surface area contributed by atoms with Crippen LogP contribution in [-0.2, 0) is 11.8 Å². The summed E-state index contributed by atoms with van der Waals surface area (Å²) in [6.45, 7) is 8.04. The van der Waals surface area contributed by atoms with Crippen molar-refractivity contribution in [2.45, 2.75) is 34.1 Å². The number of hydrogen-bond acceptors (Lipinski definition) is 5. The second-order valence-electron chi connectivity index (χ2n) is 4.89. The number of Topliss-reactive ketones (excluding diaryl/α,β-unsaturated/α-hetero) is 1. The van der Waals surface area contributed by atoms with Gasteiger partial charge in [-0.05, 0) is 5.92 Å². The van der Waals surface area contributed by atoms with E-state index in [2.05, 4.69) is 29.2 Å². The van der Waals surface area contributed by atoms with Crippen LogP contribution in [0.4, 0.5) is 11.9 Å². The molecule has 0 aliphatic heterocycles. The molecular weight excluding hydrogens is 230 g/mol. The molecule has 104 valence electrons. The summed E-state index contributed by atoms with van der Waals surface area (Å²) in [7, 11) is 3.48. The molecule has 0 radical (unpaired) electrons. The maximum atomic E-state index is 11.0. The third-order valence-corrected chi connectivity index (χ3v) is 2.27. The maximum absolute atomic E-state index is 11.0. The SMILES string of the molecule is CC(C)CC(=O)C(C)C.CNc1nc(N)n(C)n1. The summed E-state index contributed by atoms with van der Waals surface area (Å²) in [6, 6.07) is 0. The van der Waals surface area contributed by atoms with E-state index in [4.69, 9.17) is 5.73 Å². The van der Waals surface area contributed by atoms with Crippen molar-refractivity contribution in [3.8, 4) is 0 Å². The molecule has 6 nitrogen and oxygen atoms in total. The number of nitrogens with two attached hydrogens (primary N) is 1. The third-order valence-electron chi connectivity index (χ3n) is 2.27. The van der Waals surface area contributed by atoms with Gasteiger partial charge in [-0.15, -0.1) is 5.10 Å². The van der Waals surface area contributed by atoms with Gasteiger partial charge < -0.3 is 11.1 Å². The molecule has 0 atom stereocenters. The number of hydrogen-bond donors (Lipinski definition) is 2. The fourth-order valence-electron chi connectivity index (χ4n) is 1.14. The van der Waals surface area contributed by atoms with Gasteiger partial charge in [0.25, 0.3) is 0 Å². The summed E-state index contributed by atoms with van der Waals surface area (Å²) in [5.74, 6) is 2.08. The molecule has 0 aromatic carbocycles. The molecular formula is C12H25N5O. The highest BCUT2D eigenvalue weighted by molar-refractivity contribution is 5.80. The standard InChI is InChI=1S/C8H16O.C4H9N5/c1-6(2)5-8(9)7(3)4;1-6-4-7-3(5)9(2)8-4/h6-7H,5H2,1-4H3;1-2H3,(H3,5,6,7,8). The molecule has 0 spiro atoms. The van der Waals surface area contributed by atoms with E-state index in [9.17, 15) is 4.79 Å². The number of aromatic nitrogens is 3. The molecule has 0 aliphatic carbocycles. The molecule has 0 unspecified atom stereocenters. The Morgan fingerprint density at radius 2 is 1.94 bits per heavy atom. The topological polar surface area (TPSA) is 85.8 Å². The number of nitrogens with zero attached hydrogens (tertiary/aromatic N) is 3. The first-order valence-corrected chi connectivity index (χ1v) is 6.14. The smallest absolute Gasteiger partial charge is 0.243 e. The lowest BCUT2D eigenvalue weighted by molar-refractivity contribution is -0.122. The number of anilines is 2. The van der Waals surface area contributed by atoms with Crippen LogP contribution in [0, 0.1) is 11.8 Å². The van der Waals surface area contributed by atoms with Crippen LogP contribution in [0.2, 0.25) is 0 Å². The Morgan fingerprint density at radius 1 is 1.39 bits per heavy atom. The van der Waals surface area contributed by atoms with Gasteiger partial charge in [-0.3, -0.25) is 4.79 Å². The molecule has 1 heterocycles. The average molecular weight is 255 g/mol. The van der Waals surface area contributed by atoms with Crippen LogP contribution in [0.5, 0.6) is 0 Å². The van der Waals surface area contributed by atoms with Crippen molar-refractivity contribution in [3.05, 3.63) is 0 Å². The Bertz CT molecular complexity index is 351. The quantitative estimate of drug-likeness (QED) is 0.855. The Morgan fingerprint density at radius 3 is 2.11 bits per heavy atom. The number of nitrogens with one attached hydrogen (secondary N) is 1. The summed E-state index contributed by atoms with van der Waals surface area (Å²) in [5, 5.41) is 6.66. The minimum Gasteiger partial charge on any atom is -0.368 e. The molecule has 1 aromatic rings. The fraction of sp³-hybridized carbons (Fsp3) is 0.750. The number of carbonyl (C=O) groups excluding carboxylic acids is 1. The van der Waals surface area contributed by atoms with E-state index in [-0.39, 0.29) is 5.92 Å². The molecule has 0 amide bonds. The van der Waals surface area contributed by atoms with Crippen LogP contribution < -0.4 is 11.1 Å². The minimum absolute atomic E-state index is 0.215. The Labute approximate surface area is 109 Å². The van der Waals surface area contributed by atoms with Crippen LogP contribution in [0.25, 0.3) is 0 Å². The Balaban J connectivity index is 0.000000321. The van der Waals surface area contributed by atoms with Crippen LogP contribution in [-0.4, -0.2) is 27.6 Å². The Kier molecular flexibility index (Phi) is 7.00. The van der Waals surface area contributed by atoms with E-state index in [1.54, 1.807) is 14.1 Å². The van der Waals surface area contributed by atoms with Crippen molar-refractivity contribution < 1.29 is 4.79 Å². The van der Waals surface area contributed by atoms with Gasteiger partial charge in [0.1, 0.15) is 5.78 Å². The van der Waals surface area contributed by atoms with Crippen molar-refractivity contribution in [1.82, 2.24) is 14.8 Å². The zero-order valence-electron chi connectivity index (χ0n) is 12.2. The zero-order chi connectivity index (χ0) is 14.3. The molecule has 18 heavy (non-hydrogen) atoms. The first-order chi connectivity index (χ1) is 8.27. The molecule has 0 saturated heterocycles. The molecule has 0 saturated carbocycles. The van der Waals surface area contributed by atoms with Crippen molar-refractivity contribution in [2.24, 2.45) is 18.9 Å². The summed E-state index contributed by atoms with van der Waals surface area (Å²) in [4.78, 5) is 14.8. The van der Waals surface area contributed by atoms with E-state index >= 15 is 0 Å². The van der Waals surface area contributed by atoms with Gasteiger partial charge in [-0.2, -0.15) is 4.98 Å². The predicted molar refractivity (Wildman–Crippen MR) is 74.3 cm³/mol. The average Bonchev–Trinajstić information content (AvgIpc) is 2.58. The van der Waals surface area contributed by atoms with E-state index in [1.165, 1.54) is 4.68 Å². The van der Waals surface area contributed by atoms with E-state index < -0.39 is 0 Å². The van der Waals surface area contributed by atoms with Crippen LogP contribution in [0.1, 0.15) is 34.1 Å². The van der Waals surface area contributed by atoms with E-state index in [1.807, 2.05) is 13.8 Å². The lowest BCUT2D eigenvalue weighted by atomic mass is 9.99. The third kappa shape index (κ3) is 6.22. The van der Waals surface area contributed by atoms with Crippen molar-refractivity contribution in [2.75, 3.05) is 18.1 Å². The van der Waals surface area contributed by atoms with Crippen molar-refractivity contribution in [1.29, 1.82) is 0 Å². The molecule has 1 rings (SSSR count). The van der Waals surface area contributed by atoms with E-state index in [0.29, 0.717) is 23.6 Å². The molecule has 0 fully saturated rings. The molecule has 3 N–H and O–H groups in total. The van der Waals surface area contributed by atoms with E-state index in [0.717, 1.165) is 6.42 Å². The lowest BCUT2D eigenvalue weighted by Gasteiger charge is -2.05. The summed E-state index contributed by atoms with van der Waals surface area (Å²) >= 11 is 0. The van der Waals surface area contributed by atoms with Gasteiger partial charge in [0.2, 0.25) is 11.9 Å². The summed E-state index contributed by atoms with van der Waals surface area (Å²) in [5.41, 5.74) is 5.37. The van der Waals surface area contributed by atoms with Crippen LogP contribution in [0.15, 0.2) is 0 Å². The van der Waals surface area contributed by atoms with Gasteiger partial charge in [0, 0.05) is 26.4 Å². The highest BCUT2D eigenvalue weighted by Gasteiger charge is 2.07. The number of carbonyl (C=O) groups is 1. The van der Waals surface area contributed by atoms with Crippen LogP contribution >= 0.6 is 0 Å². The number of aryl methyl sites for hydroxylation is 1. The van der Waals surface area contributed by atoms with Crippen LogP contribution in [0.3, 0.4) is 0 Å². The zero-order valence-corrected chi connectivity index (χ0v) is 12.2. The predicted octanol–water partition coefficient (Wildman–Crippen LogP) is 1.70. The Hall–Kier alpha value is -1.59. The largest absolute Gasteiger partial charge is 0.368 e. The molecule has 1 aromatic heterocycles. The first kappa shape index (κ1) is 16.4. The molecule has 0 aliphatic rings. The molecule has 6 heteroatoms. The number of nitrogen functional groups attached to an aromatic ring is 1. The summed E-state index contributed by atoms with van der Waals surface area (Å²) < 4.78 is 1.51. The van der Waals surface area contributed by atoms with Gasteiger partial charge in [-0.25, -0.2) is 4.68 Å². The second kappa shape index (κ2) is 7.68. The van der Waals surface area contributed by atoms with Gasteiger partial charge in [0.15, 0.2) is 0 Å². The number of rotatable bonds is 4. The van der Waals surface area contributed by atoms with Crippen molar-refractivity contribution >= 4 is 17.7 Å². The fourth-order valence-corrected chi connectivity index (χ4v) is 1.14. The van der Waals surface area contributed by atoms with Gasteiger partial charge >= 0.3 is 0 Å². The molecule has 0 bridgehead atoms. The normalized spacial score (nSPS) is 10.2. The lowest BCUT2D eigenvalue weighted by Crippen LogP contribution is -2.09. The van der Waals surface area contributed by atoms with Gasteiger partial charge in [0.05, 0.1) is 0 Å². The second-order valence-corrected chi connectivity index (χ2v) is 4.89. The highest BCUT2D eigenvalue weighted by atomic mass is 16.1. The summed E-state index contributed by atoms with van der Waals surface area (Å²) in [6.07, 6.45) is 0.734. The first-order valence-electron chi connectivity index (χ1n) is 6.14. The van der Waals surface area contributed by atoms with Crippen molar-refractivity contribution in [3.63, 3.8) is 0 Å². The monoisotopic (exact) mass is 255 g/mol. The maximum Gasteiger partial charge on any atom is 0.243 e. The van der Waals surface area contributed by atoms with Gasteiger partial charge in [-0.1, -0.05) is 27.7 Å². The highest BCUT2D eigenvalue weighted by Crippen LogP contribution is 2.06. The number of ketones is 1. The minimum atomic E-state index is 0.215.